The van der Waals surface area contributed by atoms with Gasteiger partial charge in [0.05, 0.1) is 23.8 Å². The molecule has 0 N–H and O–H groups in total. The maximum absolute atomic E-state index is 14.3. The molecular weight excluding hydrogens is 498 g/mol. The minimum absolute atomic E-state index is 0. The summed E-state index contributed by atoms with van der Waals surface area (Å²) in [7, 11) is 0. The molecule has 7 nitrogen and oxygen atoms in total. The largest absolute Gasteiger partial charge is 0.379 e. The first-order valence-corrected chi connectivity index (χ1v) is 12.0. The lowest BCUT2D eigenvalue weighted by Gasteiger charge is -2.30. The monoisotopic (exact) mass is 522 g/mol. The fourth-order valence-electron chi connectivity index (χ4n) is 4.38. The average Bonchev–Trinajstić information content (AvgIpc) is 3.44. The third-order valence-electron chi connectivity index (χ3n) is 6.18. The van der Waals surface area contributed by atoms with E-state index < -0.39 is 17.6 Å². The molecule has 186 valence electrons. The second kappa shape index (κ2) is 10.9. The van der Waals surface area contributed by atoms with Gasteiger partial charge in [-0.3, -0.25) is 19.4 Å². The fraction of sp³-hybridized carbons (Fsp3) is 0.375. The molecule has 1 aromatic heterocycles. The molecule has 2 aliphatic heterocycles. The zero-order valence-corrected chi connectivity index (χ0v) is 20.5. The molecule has 0 bridgehead atoms. The Kier molecular flexibility index (Phi) is 7.95. The van der Waals surface area contributed by atoms with Gasteiger partial charge in [-0.1, -0.05) is 29.5 Å². The highest BCUT2D eigenvalue weighted by molar-refractivity contribution is 7.22. The van der Waals surface area contributed by atoms with Crippen LogP contribution in [0.2, 0.25) is 0 Å². The van der Waals surface area contributed by atoms with Gasteiger partial charge in [0.1, 0.15) is 11.3 Å². The molecule has 2 saturated heterocycles. The van der Waals surface area contributed by atoms with Gasteiger partial charge >= 0.3 is 0 Å². The number of aromatic nitrogens is 1. The van der Waals surface area contributed by atoms with Crippen molar-refractivity contribution in [3.05, 3.63) is 54.1 Å². The number of anilines is 2. The molecule has 11 heteroatoms. The van der Waals surface area contributed by atoms with Gasteiger partial charge in [-0.05, 0) is 18.2 Å². The van der Waals surface area contributed by atoms with E-state index in [0.29, 0.717) is 36.1 Å². The molecule has 1 atom stereocenters. The van der Waals surface area contributed by atoms with Crippen LogP contribution in [0.4, 0.5) is 19.6 Å². The standard InChI is InChI=1S/C24H24F2N4O3S.ClH/c25-17-13-19(26)22-20(14-17)34-24(27-22)29(7-6-28-8-10-33-11-9-28)23(32)16-12-21(31)30(15-16)18-4-2-1-3-5-18;/h1-5,13-14,16H,6-12,15H2;1H. The second-order valence-electron chi connectivity index (χ2n) is 8.42. The molecule has 1 unspecified atom stereocenters. The normalized spacial score (nSPS) is 18.6. The Balaban J connectivity index is 0.00000289. The SMILES string of the molecule is Cl.O=C1CC(C(=O)N(CCN2CCOCC2)c2nc3c(F)cc(F)cc3s2)CN1c1ccccc1. The van der Waals surface area contributed by atoms with Crippen LogP contribution in [-0.4, -0.2) is 67.6 Å². The van der Waals surface area contributed by atoms with Crippen molar-refractivity contribution in [3.63, 3.8) is 0 Å². The molecular formula is C24H25ClF2N4O3S. The van der Waals surface area contributed by atoms with Crippen LogP contribution in [0.5, 0.6) is 0 Å². The fourth-order valence-corrected chi connectivity index (χ4v) is 5.41. The summed E-state index contributed by atoms with van der Waals surface area (Å²) in [4.78, 5) is 36.1. The molecule has 0 saturated carbocycles. The Morgan fingerprint density at radius 2 is 1.91 bits per heavy atom. The van der Waals surface area contributed by atoms with Crippen LogP contribution in [-0.2, 0) is 14.3 Å². The van der Waals surface area contributed by atoms with E-state index in [9.17, 15) is 18.4 Å². The number of thiazole rings is 1. The summed E-state index contributed by atoms with van der Waals surface area (Å²) in [6.45, 7) is 3.95. The average molecular weight is 523 g/mol. The Morgan fingerprint density at radius 3 is 2.66 bits per heavy atom. The van der Waals surface area contributed by atoms with Crippen molar-refractivity contribution >= 4 is 56.6 Å². The molecule has 2 aromatic carbocycles. The molecule has 5 rings (SSSR count). The smallest absolute Gasteiger partial charge is 0.234 e. The molecule has 0 radical (unpaired) electrons. The Morgan fingerprint density at radius 1 is 1.17 bits per heavy atom. The summed E-state index contributed by atoms with van der Waals surface area (Å²) in [5.41, 5.74) is 0.791. The number of para-hydroxylation sites is 1. The number of carbonyl (C=O) groups excluding carboxylic acids is 2. The van der Waals surface area contributed by atoms with Crippen molar-refractivity contribution in [1.82, 2.24) is 9.88 Å². The third kappa shape index (κ3) is 5.45. The molecule has 0 spiro atoms. The van der Waals surface area contributed by atoms with E-state index in [0.717, 1.165) is 36.2 Å². The van der Waals surface area contributed by atoms with Gasteiger partial charge in [0.15, 0.2) is 10.9 Å². The number of amides is 2. The Hall–Kier alpha value is -2.66. The topological polar surface area (TPSA) is 66.0 Å². The van der Waals surface area contributed by atoms with Gasteiger partial charge in [-0.25, -0.2) is 13.8 Å². The summed E-state index contributed by atoms with van der Waals surface area (Å²) in [5.74, 6) is -2.35. The number of rotatable bonds is 6. The quantitative estimate of drug-likeness (QED) is 0.494. The van der Waals surface area contributed by atoms with E-state index in [2.05, 4.69) is 9.88 Å². The summed E-state index contributed by atoms with van der Waals surface area (Å²) in [5, 5.41) is 0.309. The van der Waals surface area contributed by atoms with Gasteiger partial charge in [0, 0.05) is 50.9 Å². The number of benzene rings is 2. The highest BCUT2D eigenvalue weighted by Crippen LogP contribution is 2.33. The van der Waals surface area contributed by atoms with E-state index in [-0.39, 0.29) is 42.7 Å². The van der Waals surface area contributed by atoms with Gasteiger partial charge in [0.2, 0.25) is 11.8 Å². The molecule has 2 fully saturated rings. The lowest BCUT2D eigenvalue weighted by Crippen LogP contribution is -2.45. The van der Waals surface area contributed by atoms with Gasteiger partial charge in [-0.15, -0.1) is 12.4 Å². The zero-order valence-electron chi connectivity index (χ0n) is 18.9. The lowest BCUT2D eigenvalue weighted by molar-refractivity contribution is -0.124. The maximum Gasteiger partial charge on any atom is 0.234 e. The van der Waals surface area contributed by atoms with Crippen LogP contribution in [0.15, 0.2) is 42.5 Å². The van der Waals surface area contributed by atoms with E-state index in [1.165, 1.54) is 11.0 Å². The number of halogens is 3. The zero-order chi connectivity index (χ0) is 23.7. The highest BCUT2D eigenvalue weighted by Gasteiger charge is 2.38. The van der Waals surface area contributed by atoms with Crippen molar-refractivity contribution in [1.29, 1.82) is 0 Å². The van der Waals surface area contributed by atoms with Crippen molar-refractivity contribution in [2.75, 3.05) is 55.7 Å². The number of carbonyl (C=O) groups is 2. The summed E-state index contributed by atoms with van der Waals surface area (Å²) >= 11 is 1.08. The first-order valence-electron chi connectivity index (χ1n) is 11.2. The number of hydrogen-bond donors (Lipinski definition) is 0. The van der Waals surface area contributed by atoms with Crippen LogP contribution < -0.4 is 9.80 Å². The van der Waals surface area contributed by atoms with E-state index in [4.69, 9.17) is 4.74 Å². The predicted molar refractivity (Wildman–Crippen MR) is 133 cm³/mol. The van der Waals surface area contributed by atoms with Crippen LogP contribution in [0.1, 0.15) is 6.42 Å². The Labute approximate surface area is 211 Å². The lowest BCUT2D eigenvalue weighted by atomic mass is 10.1. The van der Waals surface area contributed by atoms with Gasteiger partial charge < -0.3 is 9.64 Å². The van der Waals surface area contributed by atoms with Crippen molar-refractivity contribution in [2.45, 2.75) is 6.42 Å². The molecule has 3 aromatic rings. The number of fused-ring (bicyclic) bond motifs is 1. The Bertz CT molecular complexity index is 1210. The van der Waals surface area contributed by atoms with E-state index in [1.54, 1.807) is 4.90 Å². The molecule has 2 amide bonds. The van der Waals surface area contributed by atoms with Crippen molar-refractivity contribution < 1.29 is 23.1 Å². The van der Waals surface area contributed by atoms with Crippen LogP contribution >= 0.6 is 23.7 Å². The van der Waals surface area contributed by atoms with Gasteiger partial charge in [0.25, 0.3) is 0 Å². The van der Waals surface area contributed by atoms with Crippen LogP contribution in [0.3, 0.4) is 0 Å². The molecule has 3 heterocycles. The second-order valence-corrected chi connectivity index (χ2v) is 9.42. The van der Waals surface area contributed by atoms with E-state index >= 15 is 0 Å². The number of nitrogens with zero attached hydrogens (tertiary/aromatic N) is 4. The summed E-state index contributed by atoms with van der Waals surface area (Å²) in [6, 6.07) is 11.3. The van der Waals surface area contributed by atoms with Crippen molar-refractivity contribution in [2.24, 2.45) is 5.92 Å². The van der Waals surface area contributed by atoms with Crippen molar-refractivity contribution in [3.8, 4) is 0 Å². The minimum Gasteiger partial charge on any atom is -0.379 e. The van der Waals surface area contributed by atoms with Crippen LogP contribution in [0, 0.1) is 17.6 Å². The minimum atomic E-state index is -0.760. The van der Waals surface area contributed by atoms with Crippen LogP contribution in [0.25, 0.3) is 10.2 Å². The molecule has 2 aliphatic rings. The number of morpholine rings is 1. The molecule has 0 aliphatic carbocycles. The van der Waals surface area contributed by atoms with E-state index in [1.807, 2.05) is 30.3 Å². The van der Waals surface area contributed by atoms with Gasteiger partial charge in [-0.2, -0.15) is 0 Å². The third-order valence-corrected chi connectivity index (χ3v) is 7.21. The maximum atomic E-state index is 14.3. The summed E-state index contributed by atoms with van der Waals surface area (Å²) < 4.78 is 33.8. The number of ether oxygens (including phenoxy) is 1. The summed E-state index contributed by atoms with van der Waals surface area (Å²) in [6.07, 6.45) is 0.0929. The molecule has 35 heavy (non-hydrogen) atoms. The number of hydrogen-bond acceptors (Lipinski definition) is 6. The predicted octanol–water partition coefficient (Wildman–Crippen LogP) is 3.71. The first-order chi connectivity index (χ1) is 16.5. The first kappa shape index (κ1) is 25.4. The highest BCUT2D eigenvalue weighted by atomic mass is 35.5.